The molecule has 6 nitrogen and oxygen atoms in total. The van der Waals surface area contributed by atoms with Crippen molar-refractivity contribution in [3.05, 3.63) is 71.3 Å². The van der Waals surface area contributed by atoms with Gasteiger partial charge in [-0.05, 0) is 23.1 Å². The van der Waals surface area contributed by atoms with Gasteiger partial charge in [0.15, 0.2) is 0 Å². The maximum atomic E-state index is 11.7. The summed E-state index contributed by atoms with van der Waals surface area (Å²) in [5.74, 6) is -0.438. The molecule has 0 unspecified atom stereocenters. The third-order valence-corrected chi connectivity index (χ3v) is 3.63. The Kier molecular flexibility index (Phi) is 6.98. The first kappa shape index (κ1) is 18.5. The summed E-state index contributed by atoms with van der Waals surface area (Å²) in [5, 5.41) is 2.70. The molecule has 0 saturated heterocycles. The van der Waals surface area contributed by atoms with Crippen molar-refractivity contribution >= 4 is 12.1 Å². The van der Waals surface area contributed by atoms with Gasteiger partial charge in [0.25, 0.3) is 0 Å². The van der Waals surface area contributed by atoms with Gasteiger partial charge >= 0.3 is 12.1 Å². The number of carbonyl (C=O) groups excluding carboxylic acids is 2. The number of esters is 1. The van der Waals surface area contributed by atoms with E-state index in [-0.39, 0.29) is 6.61 Å². The second-order valence-corrected chi connectivity index (χ2v) is 5.57. The van der Waals surface area contributed by atoms with Crippen molar-refractivity contribution in [1.29, 1.82) is 0 Å². The van der Waals surface area contributed by atoms with E-state index in [1.54, 1.807) is 0 Å². The van der Waals surface area contributed by atoms with Gasteiger partial charge in [-0.25, -0.2) is 4.79 Å². The molecule has 2 rings (SSSR count). The molecule has 0 radical (unpaired) electrons. The van der Waals surface area contributed by atoms with Crippen LogP contribution in [0.25, 0.3) is 0 Å². The highest BCUT2D eigenvalue weighted by Gasteiger charge is 2.14. The number of rotatable bonds is 7. The molecule has 0 fully saturated rings. The van der Waals surface area contributed by atoms with Crippen LogP contribution in [0.5, 0.6) is 0 Å². The largest absolute Gasteiger partial charge is 0.468 e. The summed E-state index contributed by atoms with van der Waals surface area (Å²) in [6, 6.07) is 16.3. The molecule has 0 aliphatic heterocycles. The zero-order chi connectivity index (χ0) is 18.1. The Hall–Kier alpha value is -2.86. The van der Waals surface area contributed by atoms with Gasteiger partial charge in [-0.2, -0.15) is 0 Å². The number of carbonyl (C=O) groups is 2. The number of nitrogens with one attached hydrogen (secondary N) is 1. The van der Waals surface area contributed by atoms with Gasteiger partial charge in [0.2, 0.25) is 0 Å². The summed E-state index contributed by atoms with van der Waals surface area (Å²) >= 11 is 0. The molecule has 6 heteroatoms. The van der Waals surface area contributed by atoms with Crippen LogP contribution < -0.4 is 11.1 Å². The highest BCUT2D eigenvalue weighted by molar-refractivity contribution is 5.75. The Morgan fingerprint density at radius 1 is 1.00 bits per heavy atom. The molecule has 0 saturated carbocycles. The molecule has 0 heterocycles. The molecule has 132 valence electrons. The number of ether oxygens (including phenoxy) is 2. The maximum Gasteiger partial charge on any atom is 0.407 e. The molecule has 0 spiro atoms. The van der Waals surface area contributed by atoms with Crippen LogP contribution in [0.1, 0.15) is 16.7 Å². The van der Waals surface area contributed by atoms with Gasteiger partial charge in [0.05, 0.1) is 7.11 Å². The second kappa shape index (κ2) is 9.44. The summed E-state index contributed by atoms with van der Waals surface area (Å²) < 4.78 is 9.75. The molecule has 2 aromatic rings. The Balaban J connectivity index is 1.75. The summed E-state index contributed by atoms with van der Waals surface area (Å²) in [6.07, 6.45) is -0.0693. The van der Waals surface area contributed by atoms with Crippen LogP contribution in [0.2, 0.25) is 0 Å². The lowest BCUT2D eigenvalue weighted by Crippen LogP contribution is -2.33. The van der Waals surface area contributed by atoms with Crippen LogP contribution in [0.3, 0.4) is 0 Å². The van der Waals surface area contributed by atoms with Crippen LogP contribution in [0.4, 0.5) is 4.79 Å². The third-order valence-electron chi connectivity index (χ3n) is 3.63. The van der Waals surface area contributed by atoms with Crippen molar-refractivity contribution in [1.82, 2.24) is 5.32 Å². The van der Waals surface area contributed by atoms with E-state index in [0.717, 1.165) is 16.7 Å². The topological polar surface area (TPSA) is 90.6 Å². The number of methoxy groups -OCH3 is 1. The highest BCUT2D eigenvalue weighted by atomic mass is 16.5. The van der Waals surface area contributed by atoms with Crippen LogP contribution in [-0.4, -0.2) is 25.2 Å². The predicted octanol–water partition coefficient (Wildman–Crippen LogP) is 2.16. The third kappa shape index (κ3) is 6.27. The summed E-state index contributed by atoms with van der Waals surface area (Å²) in [6.45, 7) is 0.591. The first-order valence-corrected chi connectivity index (χ1v) is 7.94. The minimum absolute atomic E-state index is 0.233. The summed E-state index contributed by atoms with van der Waals surface area (Å²) in [7, 11) is 1.31. The van der Waals surface area contributed by atoms with Gasteiger partial charge in [-0.1, -0.05) is 54.6 Å². The van der Waals surface area contributed by atoms with E-state index in [1.165, 1.54) is 7.11 Å². The van der Waals surface area contributed by atoms with E-state index in [1.807, 2.05) is 54.6 Å². The summed E-state index contributed by atoms with van der Waals surface area (Å²) in [5.41, 5.74) is 8.51. The van der Waals surface area contributed by atoms with Crippen LogP contribution in [-0.2, 0) is 33.8 Å². The minimum Gasteiger partial charge on any atom is -0.468 e. The van der Waals surface area contributed by atoms with Crippen molar-refractivity contribution in [2.75, 3.05) is 7.11 Å². The van der Waals surface area contributed by atoms with Crippen molar-refractivity contribution in [2.45, 2.75) is 25.6 Å². The van der Waals surface area contributed by atoms with E-state index >= 15 is 0 Å². The number of amides is 1. The lowest BCUT2D eigenvalue weighted by atomic mass is 10.0. The Labute approximate surface area is 146 Å². The zero-order valence-corrected chi connectivity index (χ0v) is 14.1. The van der Waals surface area contributed by atoms with Gasteiger partial charge in [-0.3, -0.25) is 4.79 Å². The van der Waals surface area contributed by atoms with Crippen molar-refractivity contribution < 1.29 is 19.1 Å². The molecule has 3 N–H and O–H groups in total. The summed E-state index contributed by atoms with van der Waals surface area (Å²) in [4.78, 5) is 23.0. The fraction of sp³-hybridized carbons (Fsp3) is 0.263. The fourth-order valence-corrected chi connectivity index (χ4v) is 2.23. The van der Waals surface area contributed by atoms with Crippen LogP contribution in [0, 0.1) is 0 Å². The molecule has 0 aliphatic rings. The van der Waals surface area contributed by atoms with Gasteiger partial charge in [-0.15, -0.1) is 0 Å². The lowest BCUT2D eigenvalue weighted by molar-refractivity contribution is -0.142. The standard InChI is InChI=1S/C19H22N2O4/c1-24-18(22)17(20)11-14-7-9-15(10-8-14)12-21-19(23)25-13-16-5-3-2-4-6-16/h2-10,17H,11-13,20H2,1H3,(H,21,23)/t17-/m0/s1. The van der Waals surface area contributed by atoms with E-state index in [2.05, 4.69) is 10.1 Å². The molecule has 0 aliphatic carbocycles. The van der Waals surface area contributed by atoms with Gasteiger partial charge in [0.1, 0.15) is 12.6 Å². The quantitative estimate of drug-likeness (QED) is 0.753. The molecule has 25 heavy (non-hydrogen) atoms. The predicted molar refractivity (Wildman–Crippen MR) is 93.6 cm³/mol. The number of benzene rings is 2. The Morgan fingerprint density at radius 2 is 1.64 bits per heavy atom. The molecule has 0 aromatic heterocycles. The molecule has 1 atom stereocenters. The zero-order valence-electron chi connectivity index (χ0n) is 14.1. The minimum atomic E-state index is -0.679. The van der Waals surface area contributed by atoms with Crippen molar-refractivity contribution in [3.63, 3.8) is 0 Å². The van der Waals surface area contributed by atoms with Crippen LogP contribution in [0.15, 0.2) is 54.6 Å². The fourth-order valence-electron chi connectivity index (χ4n) is 2.23. The molecule has 1 amide bonds. The number of hydrogen-bond donors (Lipinski definition) is 2. The average Bonchev–Trinajstić information content (AvgIpc) is 2.65. The van der Waals surface area contributed by atoms with Crippen molar-refractivity contribution in [2.24, 2.45) is 5.73 Å². The van der Waals surface area contributed by atoms with E-state index in [4.69, 9.17) is 10.5 Å². The molecule has 0 bridgehead atoms. The van der Waals surface area contributed by atoms with Gasteiger partial charge < -0.3 is 20.5 Å². The normalized spacial score (nSPS) is 11.4. The number of nitrogens with two attached hydrogens (primary N) is 1. The maximum absolute atomic E-state index is 11.7. The lowest BCUT2D eigenvalue weighted by Gasteiger charge is -2.10. The first-order chi connectivity index (χ1) is 12.1. The number of hydrogen-bond acceptors (Lipinski definition) is 5. The SMILES string of the molecule is COC(=O)[C@@H](N)Cc1ccc(CNC(=O)OCc2ccccc2)cc1. The smallest absolute Gasteiger partial charge is 0.407 e. The molecular weight excluding hydrogens is 320 g/mol. The highest BCUT2D eigenvalue weighted by Crippen LogP contribution is 2.07. The average molecular weight is 342 g/mol. The number of alkyl carbamates (subject to hydrolysis) is 1. The van der Waals surface area contributed by atoms with E-state index in [9.17, 15) is 9.59 Å². The van der Waals surface area contributed by atoms with E-state index < -0.39 is 18.1 Å². The molecular formula is C19H22N2O4. The second-order valence-electron chi connectivity index (χ2n) is 5.57. The van der Waals surface area contributed by atoms with Crippen LogP contribution >= 0.6 is 0 Å². The molecule has 2 aromatic carbocycles. The van der Waals surface area contributed by atoms with Gasteiger partial charge in [0, 0.05) is 6.54 Å². The van der Waals surface area contributed by atoms with E-state index in [0.29, 0.717) is 13.0 Å². The Morgan fingerprint density at radius 3 is 2.28 bits per heavy atom. The monoisotopic (exact) mass is 342 g/mol. The first-order valence-electron chi connectivity index (χ1n) is 7.94. The Bertz CT molecular complexity index is 686. The van der Waals surface area contributed by atoms with Crippen molar-refractivity contribution in [3.8, 4) is 0 Å².